The van der Waals surface area contributed by atoms with Crippen molar-refractivity contribution in [3.05, 3.63) is 74.3 Å². The molecule has 22 heavy (non-hydrogen) atoms. The highest BCUT2D eigenvalue weighted by Crippen LogP contribution is 2.19. The Morgan fingerprint density at radius 1 is 0.955 bits per heavy atom. The van der Waals surface area contributed by atoms with E-state index in [1.807, 2.05) is 0 Å². The molecule has 1 atom stereocenters. The largest absolute Gasteiger partial charge is 0.373 e. The van der Waals surface area contributed by atoms with E-state index in [0.717, 1.165) is 0 Å². The van der Waals surface area contributed by atoms with E-state index in [1.165, 1.54) is 48.5 Å². The standard InChI is InChI=1S/C13H12N4O5/c18-13(9-2-1-3-12(8-9)17(21)22)15-14-10-4-6-11(7-5-10)16(19)20/h1-8,13-15,18H. The van der Waals surface area contributed by atoms with Crippen LogP contribution in [-0.2, 0) is 0 Å². The minimum Gasteiger partial charge on any atom is -0.373 e. The lowest BCUT2D eigenvalue weighted by Crippen LogP contribution is -2.27. The number of hydrogen-bond donors (Lipinski definition) is 3. The van der Waals surface area contributed by atoms with Crippen molar-refractivity contribution in [2.24, 2.45) is 0 Å². The van der Waals surface area contributed by atoms with Gasteiger partial charge in [0.2, 0.25) is 0 Å². The molecule has 9 nitrogen and oxygen atoms in total. The maximum atomic E-state index is 10.7. The van der Waals surface area contributed by atoms with Gasteiger partial charge in [0.15, 0.2) is 0 Å². The molecular formula is C13H12N4O5. The average Bonchev–Trinajstić information content (AvgIpc) is 2.53. The summed E-state index contributed by atoms with van der Waals surface area (Å²) in [7, 11) is 0. The highest BCUT2D eigenvalue weighted by atomic mass is 16.6. The lowest BCUT2D eigenvalue weighted by molar-refractivity contribution is -0.385. The van der Waals surface area contributed by atoms with Crippen LogP contribution in [-0.4, -0.2) is 15.0 Å². The van der Waals surface area contributed by atoms with Gasteiger partial charge < -0.3 is 10.5 Å². The monoisotopic (exact) mass is 304 g/mol. The fraction of sp³-hybridized carbons (Fsp3) is 0.0769. The molecule has 2 aromatic rings. The Kier molecular flexibility index (Phi) is 4.61. The predicted octanol–water partition coefficient (Wildman–Crippen LogP) is 2.11. The molecule has 0 amide bonds. The number of rotatable bonds is 6. The van der Waals surface area contributed by atoms with Gasteiger partial charge in [-0.05, 0) is 12.1 Å². The number of nitro benzene ring substituents is 2. The summed E-state index contributed by atoms with van der Waals surface area (Å²) in [5, 5.41) is 31.1. The van der Waals surface area contributed by atoms with Crippen molar-refractivity contribution in [2.75, 3.05) is 5.43 Å². The van der Waals surface area contributed by atoms with E-state index >= 15 is 0 Å². The Labute approximate surface area is 124 Å². The van der Waals surface area contributed by atoms with Crippen LogP contribution in [0, 0.1) is 20.2 Å². The van der Waals surface area contributed by atoms with Crippen LogP contribution in [0.3, 0.4) is 0 Å². The highest BCUT2D eigenvalue weighted by molar-refractivity contribution is 5.48. The lowest BCUT2D eigenvalue weighted by atomic mass is 10.2. The summed E-state index contributed by atoms with van der Waals surface area (Å²) < 4.78 is 0. The third-order valence-corrected chi connectivity index (χ3v) is 2.83. The second-order valence-electron chi connectivity index (χ2n) is 4.33. The Bertz CT molecular complexity index is 689. The SMILES string of the molecule is O=[N+]([O-])c1ccc(NNC(O)c2cccc([N+](=O)[O-])c2)cc1. The number of non-ortho nitro benzene ring substituents is 2. The molecule has 1 unspecified atom stereocenters. The van der Waals surface area contributed by atoms with E-state index in [2.05, 4.69) is 10.9 Å². The molecular weight excluding hydrogens is 292 g/mol. The molecule has 0 bridgehead atoms. The van der Waals surface area contributed by atoms with Gasteiger partial charge in [0, 0.05) is 35.5 Å². The number of nitrogens with one attached hydrogen (secondary N) is 2. The minimum absolute atomic E-state index is 0.0511. The zero-order valence-electron chi connectivity index (χ0n) is 11.2. The van der Waals surface area contributed by atoms with E-state index < -0.39 is 16.1 Å². The van der Waals surface area contributed by atoms with Crippen molar-refractivity contribution in [1.82, 2.24) is 5.43 Å². The van der Waals surface area contributed by atoms with Gasteiger partial charge in [-0.1, -0.05) is 12.1 Å². The van der Waals surface area contributed by atoms with Crippen LogP contribution < -0.4 is 10.9 Å². The number of benzene rings is 2. The number of nitrogens with zero attached hydrogens (tertiary/aromatic N) is 2. The maximum absolute atomic E-state index is 10.7. The van der Waals surface area contributed by atoms with Gasteiger partial charge in [-0.25, -0.2) is 5.43 Å². The molecule has 0 fully saturated rings. The summed E-state index contributed by atoms with van der Waals surface area (Å²) in [4.78, 5) is 20.1. The zero-order chi connectivity index (χ0) is 16.1. The fourth-order valence-electron chi connectivity index (χ4n) is 1.71. The number of anilines is 1. The molecule has 0 aromatic heterocycles. The van der Waals surface area contributed by atoms with Gasteiger partial charge >= 0.3 is 0 Å². The molecule has 0 radical (unpaired) electrons. The summed E-state index contributed by atoms with van der Waals surface area (Å²) in [6.07, 6.45) is -1.19. The van der Waals surface area contributed by atoms with E-state index in [9.17, 15) is 25.3 Å². The van der Waals surface area contributed by atoms with E-state index in [1.54, 1.807) is 0 Å². The van der Waals surface area contributed by atoms with Crippen molar-refractivity contribution in [3.63, 3.8) is 0 Å². The maximum Gasteiger partial charge on any atom is 0.269 e. The Balaban J connectivity index is 2.00. The second kappa shape index (κ2) is 6.61. The molecule has 0 aliphatic heterocycles. The molecule has 0 aliphatic rings. The number of aliphatic hydroxyl groups is 1. The van der Waals surface area contributed by atoms with Gasteiger partial charge in [-0.2, -0.15) is 0 Å². The average molecular weight is 304 g/mol. The highest BCUT2D eigenvalue weighted by Gasteiger charge is 2.12. The molecule has 0 saturated heterocycles. The zero-order valence-corrected chi connectivity index (χ0v) is 11.2. The quantitative estimate of drug-likeness (QED) is 0.423. The van der Waals surface area contributed by atoms with Gasteiger partial charge in [-0.3, -0.25) is 20.2 Å². The summed E-state index contributed by atoms with van der Waals surface area (Å²) in [6, 6.07) is 11.1. The lowest BCUT2D eigenvalue weighted by Gasteiger charge is -2.14. The van der Waals surface area contributed by atoms with Crippen molar-refractivity contribution in [1.29, 1.82) is 0 Å². The number of aliphatic hydroxyl groups excluding tert-OH is 1. The second-order valence-corrected chi connectivity index (χ2v) is 4.33. The number of hydrazine groups is 1. The van der Waals surface area contributed by atoms with Gasteiger partial charge in [-0.15, -0.1) is 0 Å². The molecule has 0 saturated carbocycles. The first kappa shape index (κ1) is 15.4. The fourth-order valence-corrected chi connectivity index (χ4v) is 1.71. The topological polar surface area (TPSA) is 131 Å². The normalized spacial score (nSPS) is 11.7. The van der Waals surface area contributed by atoms with Gasteiger partial charge in [0.1, 0.15) is 6.23 Å². The van der Waals surface area contributed by atoms with Crippen LogP contribution >= 0.6 is 0 Å². The van der Waals surface area contributed by atoms with Gasteiger partial charge in [0.25, 0.3) is 11.4 Å². The van der Waals surface area contributed by atoms with Crippen LogP contribution in [0.25, 0.3) is 0 Å². The predicted molar refractivity (Wildman–Crippen MR) is 77.9 cm³/mol. The van der Waals surface area contributed by atoms with E-state index in [0.29, 0.717) is 11.3 Å². The van der Waals surface area contributed by atoms with Crippen molar-refractivity contribution >= 4 is 17.1 Å². The van der Waals surface area contributed by atoms with E-state index in [-0.39, 0.29) is 11.4 Å². The summed E-state index contributed by atoms with van der Waals surface area (Å²) in [6.45, 7) is 0. The summed E-state index contributed by atoms with van der Waals surface area (Å²) in [5.41, 5.74) is 5.83. The molecule has 0 aliphatic carbocycles. The summed E-state index contributed by atoms with van der Waals surface area (Å²) >= 11 is 0. The first-order valence-electron chi connectivity index (χ1n) is 6.16. The van der Waals surface area contributed by atoms with E-state index in [4.69, 9.17) is 0 Å². The van der Waals surface area contributed by atoms with Crippen LogP contribution in [0.15, 0.2) is 48.5 Å². The van der Waals surface area contributed by atoms with Crippen LogP contribution in [0.5, 0.6) is 0 Å². The summed E-state index contributed by atoms with van der Waals surface area (Å²) in [5.74, 6) is 0. The Morgan fingerprint density at radius 2 is 1.59 bits per heavy atom. The number of hydrogen-bond acceptors (Lipinski definition) is 7. The minimum atomic E-state index is -1.19. The van der Waals surface area contributed by atoms with Crippen molar-refractivity contribution in [2.45, 2.75) is 6.23 Å². The molecule has 0 spiro atoms. The first-order chi connectivity index (χ1) is 10.5. The van der Waals surface area contributed by atoms with Crippen molar-refractivity contribution < 1.29 is 15.0 Å². The van der Waals surface area contributed by atoms with Crippen molar-refractivity contribution in [3.8, 4) is 0 Å². The van der Waals surface area contributed by atoms with Gasteiger partial charge in [0.05, 0.1) is 9.85 Å². The number of nitro groups is 2. The first-order valence-corrected chi connectivity index (χ1v) is 6.16. The molecule has 9 heteroatoms. The molecule has 114 valence electrons. The molecule has 3 N–H and O–H groups in total. The third kappa shape index (κ3) is 3.75. The van der Waals surface area contributed by atoms with Crippen LogP contribution in [0.4, 0.5) is 17.1 Å². The molecule has 2 aromatic carbocycles. The Morgan fingerprint density at radius 3 is 2.18 bits per heavy atom. The molecule has 0 heterocycles. The van der Waals surface area contributed by atoms with Crippen LogP contribution in [0.2, 0.25) is 0 Å². The Hall–Kier alpha value is -3.04. The smallest absolute Gasteiger partial charge is 0.269 e. The molecule has 2 rings (SSSR count). The van der Waals surface area contributed by atoms with Crippen LogP contribution in [0.1, 0.15) is 11.8 Å². The third-order valence-electron chi connectivity index (χ3n) is 2.83.